The first-order chi connectivity index (χ1) is 7.31. The second kappa shape index (κ2) is 5.37. The van der Waals surface area contributed by atoms with Gasteiger partial charge in [-0.1, -0.05) is 0 Å². The summed E-state index contributed by atoms with van der Waals surface area (Å²) in [6, 6.07) is 8.39. The summed E-state index contributed by atoms with van der Waals surface area (Å²) in [4.78, 5) is 0. The van der Waals surface area contributed by atoms with Crippen LogP contribution in [0.2, 0.25) is 5.32 Å². The Morgan fingerprint density at radius 3 is 2.60 bits per heavy atom. The Kier molecular flexibility index (Phi) is 4.12. The molecule has 0 radical (unpaired) electrons. The molecular weight excluding hydrogens is 366 g/mol. The van der Waals surface area contributed by atoms with E-state index in [1.54, 1.807) is 11.6 Å². The predicted molar refractivity (Wildman–Crippen MR) is 73.7 cm³/mol. The summed E-state index contributed by atoms with van der Waals surface area (Å²) < 4.78 is 8.31. The van der Waals surface area contributed by atoms with Crippen LogP contribution in [0.4, 0.5) is 0 Å². The van der Waals surface area contributed by atoms with E-state index in [-0.39, 0.29) is 0 Å². The van der Waals surface area contributed by atoms with Crippen molar-refractivity contribution in [2.45, 2.75) is 18.2 Å². The van der Waals surface area contributed by atoms with Crippen LogP contribution in [-0.4, -0.2) is 22.1 Å². The number of allylic oxidation sites excluding steroid dienone is 1. The van der Waals surface area contributed by atoms with Gasteiger partial charge in [0.25, 0.3) is 0 Å². The van der Waals surface area contributed by atoms with Crippen LogP contribution in [0.5, 0.6) is 5.75 Å². The first-order valence-electron chi connectivity index (χ1n) is 4.97. The molecule has 15 heavy (non-hydrogen) atoms. The van der Waals surface area contributed by atoms with Crippen LogP contribution < -0.4 is 4.74 Å². The van der Waals surface area contributed by atoms with Gasteiger partial charge in [-0.15, -0.1) is 0 Å². The van der Waals surface area contributed by atoms with Gasteiger partial charge in [-0.05, 0) is 0 Å². The van der Waals surface area contributed by atoms with Gasteiger partial charge >= 0.3 is 111 Å². The van der Waals surface area contributed by atoms with Crippen LogP contribution in [0.15, 0.2) is 28.7 Å². The molecule has 1 aliphatic rings. The van der Waals surface area contributed by atoms with Crippen LogP contribution in [0, 0.1) is 0 Å². The number of hydrogen-bond donors (Lipinski definition) is 0. The van der Waals surface area contributed by atoms with Crippen molar-refractivity contribution in [3.8, 4) is 5.75 Å². The fourth-order valence-electron chi connectivity index (χ4n) is 1.57. The molecule has 1 nitrogen and oxygen atoms in total. The Labute approximate surface area is 111 Å². The van der Waals surface area contributed by atoms with Crippen LogP contribution in [-0.2, 0) is 0 Å². The summed E-state index contributed by atoms with van der Waals surface area (Å²) in [6.07, 6.45) is 2.70. The van der Waals surface area contributed by atoms with E-state index in [1.165, 1.54) is 27.3 Å². The molecule has 1 saturated heterocycles. The number of halogens is 1. The summed E-state index contributed by atoms with van der Waals surface area (Å²) in [6.45, 7) is 0. The molecule has 0 bridgehead atoms. The number of ether oxygens (including phenoxy) is 1. The van der Waals surface area contributed by atoms with Crippen LogP contribution in [0.25, 0.3) is 3.58 Å². The normalized spacial score (nSPS) is 19.1. The van der Waals surface area contributed by atoms with E-state index >= 15 is 0 Å². The van der Waals surface area contributed by atoms with Crippen molar-refractivity contribution >= 4 is 41.1 Å². The average molecular weight is 379 g/mol. The fraction of sp³-hybridized carbons (Fsp3) is 0.333. The number of benzene rings is 1. The maximum absolute atomic E-state index is 5.16. The molecule has 0 atom stereocenters. The molecule has 0 unspecified atom stereocenters. The van der Waals surface area contributed by atoms with Gasteiger partial charge in [-0.3, -0.25) is 0 Å². The molecule has 2 rings (SSSR count). The maximum atomic E-state index is 5.16. The monoisotopic (exact) mass is 380 g/mol. The molecule has 0 spiro atoms. The first-order valence-corrected chi connectivity index (χ1v) is 8.12. The molecular formula is C12H13IOSe. The van der Waals surface area contributed by atoms with Gasteiger partial charge in [0.1, 0.15) is 0 Å². The SMILES string of the molecule is COc1ccc(/C(I)=C2\CCC[Se]2)cc1. The van der Waals surface area contributed by atoms with E-state index < -0.39 is 0 Å². The number of hydrogen-bond acceptors (Lipinski definition) is 1. The summed E-state index contributed by atoms with van der Waals surface area (Å²) in [5, 5.41) is 1.42. The van der Waals surface area contributed by atoms with E-state index in [2.05, 4.69) is 34.7 Å². The van der Waals surface area contributed by atoms with Crippen molar-refractivity contribution in [3.63, 3.8) is 0 Å². The third-order valence-corrected chi connectivity index (χ3v) is 7.13. The van der Waals surface area contributed by atoms with Crippen molar-refractivity contribution < 1.29 is 4.74 Å². The summed E-state index contributed by atoms with van der Waals surface area (Å²) >= 11 is 3.23. The average Bonchev–Trinajstić information content (AvgIpc) is 2.82. The number of methoxy groups -OCH3 is 1. The third kappa shape index (κ3) is 2.77. The van der Waals surface area contributed by atoms with Crippen LogP contribution >= 0.6 is 22.6 Å². The zero-order valence-electron chi connectivity index (χ0n) is 8.63. The molecule has 1 aliphatic heterocycles. The zero-order valence-corrected chi connectivity index (χ0v) is 12.5. The molecule has 0 aromatic heterocycles. The molecule has 1 fully saturated rings. The summed E-state index contributed by atoms with van der Waals surface area (Å²) in [5.74, 6) is 0.935. The molecule has 0 saturated carbocycles. The predicted octanol–water partition coefficient (Wildman–Crippen LogP) is 3.72. The Hall–Kier alpha value is 0.00948. The molecule has 1 aromatic carbocycles. The van der Waals surface area contributed by atoms with Gasteiger partial charge in [0, 0.05) is 0 Å². The van der Waals surface area contributed by atoms with Gasteiger partial charge in [-0.2, -0.15) is 0 Å². The first kappa shape index (κ1) is 11.5. The van der Waals surface area contributed by atoms with E-state index in [0.29, 0.717) is 0 Å². The van der Waals surface area contributed by atoms with Crippen molar-refractivity contribution in [2.24, 2.45) is 0 Å². The van der Waals surface area contributed by atoms with Crippen molar-refractivity contribution in [2.75, 3.05) is 7.11 Å². The zero-order chi connectivity index (χ0) is 10.7. The Morgan fingerprint density at radius 1 is 1.33 bits per heavy atom. The third-order valence-electron chi connectivity index (χ3n) is 2.41. The second-order valence-electron chi connectivity index (χ2n) is 3.42. The molecule has 1 aromatic rings. The fourth-order valence-corrected chi connectivity index (χ4v) is 5.25. The Bertz CT molecular complexity index is 362. The van der Waals surface area contributed by atoms with Crippen LogP contribution in [0.3, 0.4) is 0 Å². The topological polar surface area (TPSA) is 9.23 Å². The minimum absolute atomic E-state index is 0.746. The van der Waals surface area contributed by atoms with Crippen molar-refractivity contribution in [1.82, 2.24) is 0 Å². The van der Waals surface area contributed by atoms with Gasteiger partial charge in [-0.25, -0.2) is 0 Å². The van der Waals surface area contributed by atoms with Gasteiger partial charge in [0.05, 0.1) is 0 Å². The molecule has 3 heteroatoms. The van der Waals surface area contributed by atoms with E-state index in [0.717, 1.165) is 20.7 Å². The molecule has 0 aliphatic carbocycles. The van der Waals surface area contributed by atoms with E-state index in [9.17, 15) is 0 Å². The molecule has 1 heterocycles. The Balaban J connectivity index is 2.25. The molecule has 80 valence electrons. The quantitative estimate of drug-likeness (QED) is 0.563. The summed E-state index contributed by atoms with van der Waals surface area (Å²) in [7, 11) is 1.71. The second-order valence-corrected chi connectivity index (χ2v) is 6.99. The van der Waals surface area contributed by atoms with Gasteiger partial charge in [0.2, 0.25) is 0 Å². The minimum atomic E-state index is 0.746. The van der Waals surface area contributed by atoms with Crippen molar-refractivity contribution in [3.05, 3.63) is 34.3 Å². The van der Waals surface area contributed by atoms with Gasteiger partial charge in [0.15, 0.2) is 0 Å². The standard InChI is InChI=1S/C12H13IOSe/c1-14-10-6-4-9(5-7-10)12(13)11-3-2-8-15-11/h4-7H,2-3,8H2,1H3/b12-11-. The number of rotatable bonds is 2. The van der Waals surface area contributed by atoms with Gasteiger partial charge < -0.3 is 0 Å². The Morgan fingerprint density at radius 2 is 2.07 bits per heavy atom. The molecule has 0 amide bonds. The van der Waals surface area contributed by atoms with E-state index in [1.807, 2.05) is 12.1 Å². The van der Waals surface area contributed by atoms with E-state index in [4.69, 9.17) is 4.74 Å². The summed E-state index contributed by atoms with van der Waals surface area (Å²) in [5.41, 5.74) is 1.34. The van der Waals surface area contributed by atoms with Crippen molar-refractivity contribution in [1.29, 1.82) is 0 Å². The molecule has 0 N–H and O–H groups in total. The van der Waals surface area contributed by atoms with Crippen LogP contribution in [0.1, 0.15) is 18.4 Å².